The van der Waals surface area contributed by atoms with Gasteiger partial charge in [0.05, 0.1) is 12.4 Å². The fourth-order valence-corrected chi connectivity index (χ4v) is 3.96. The van der Waals surface area contributed by atoms with Crippen LogP contribution in [0.25, 0.3) is 0 Å². The third-order valence-corrected chi connectivity index (χ3v) is 5.03. The maximum Gasteiger partial charge on any atom is 0.223 e. The molecule has 0 saturated carbocycles. The Bertz CT molecular complexity index is 705. The van der Waals surface area contributed by atoms with Crippen molar-refractivity contribution in [1.82, 2.24) is 19.9 Å². The van der Waals surface area contributed by atoms with Gasteiger partial charge in [0, 0.05) is 43.5 Å². The number of rotatable bonds is 5. The van der Waals surface area contributed by atoms with Gasteiger partial charge < -0.3 is 5.32 Å². The van der Waals surface area contributed by atoms with E-state index in [9.17, 15) is 9.18 Å². The van der Waals surface area contributed by atoms with Crippen LogP contribution < -0.4 is 5.32 Å². The van der Waals surface area contributed by atoms with Gasteiger partial charge in [-0.25, -0.2) is 19.3 Å². The first-order chi connectivity index (χ1) is 11.5. The summed E-state index contributed by atoms with van der Waals surface area (Å²) in [7, 11) is 0. The molecule has 2 atom stereocenters. The van der Waals surface area contributed by atoms with E-state index in [1.54, 1.807) is 0 Å². The van der Waals surface area contributed by atoms with Crippen molar-refractivity contribution in [2.45, 2.75) is 39.3 Å². The number of anilines is 1. The molecule has 1 saturated heterocycles. The molecule has 3 heterocycles. The Labute approximate surface area is 144 Å². The van der Waals surface area contributed by atoms with E-state index in [4.69, 9.17) is 0 Å². The summed E-state index contributed by atoms with van der Waals surface area (Å²) < 4.78 is 12.9. The Hall–Kier alpha value is -1.93. The van der Waals surface area contributed by atoms with Crippen LogP contribution in [-0.4, -0.2) is 38.3 Å². The van der Waals surface area contributed by atoms with Gasteiger partial charge >= 0.3 is 0 Å². The van der Waals surface area contributed by atoms with Gasteiger partial charge in [0.1, 0.15) is 5.82 Å². The molecule has 0 unspecified atom stereocenters. The molecule has 1 aliphatic heterocycles. The van der Waals surface area contributed by atoms with Gasteiger partial charge in [-0.2, -0.15) is 0 Å². The zero-order valence-corrected chi connectivity index (χ0v) is 14.5. The van der Waals surface area contributed by atoms with Gasteiger partial charge in [0.2, 0.25) is 5.91 Å². The Morgan fingerprint density at radius 3 is 2.83 bits per heavy atom. The summed E-state index contributed by atoms with van der Waals surface area (Å²) >= 11 is 1.51. The number of hydrogen-bond donors (Lipinski definition) is 1. The number of halogens is 1. The predicted molar refractivity (Wildman–Crippen MR) is 90.1 cm³/mol. The molecule has 2 aromatic rings. The second-order valence-corrected chi connectivity index (χ2v) is 7.33. The lowest BCUT2D eigenvalue weighted by Gasteiger charge is -2.19. The molecule has 8 heteroatoms. The van der Waals surface area contributed by atoms with E-state index in [1.807, 2.05) is 6.20 Å². The molecule has 0 aromatic carbocycles. The van der Waals surface area contributed by atoms with Crippen molar-refractivity contribution in [1.29, 1.82) is 0 Å². The lowest BCUT2D eigenvalue weighted by atomic mass is 10.0. The number of likely N-dealkylation sites (tertiary alicyclic amines) is 1. The van der Waals surface area contributed by atoms with E-state index < -0.39 is 5.82 Å². The fraction of sp³-hybridized carbons (Fsp3) is 0.500. The lowest BCUT2D eigenvalue weighted by molar-refractivity contribution is -0.114. The molecule has 3 rings (SSSR count). The Kier molecular flexibility index (Phi) is 5.15. The zero-order chi connectivity index (χ0) is 17.1. The van der Waals surface area contributed by atoms with Crippen LogP contribution in [0.2, 0.25) is 0 Å². The van der Waals surface area contributed by atoms with Crippen molar-refractivity contribution >= 4 is 22.4 Å². The minimum atomic E-state index is -0.402. The highest BCUT2D eigenvalue weighted by atomic mass is 32.1. The zero-order valence-electron chi connectivity index (χ0n) is 13.7. The number of carbonyl (C=O) groups is 1. The van der Waals surface area contributed by atoms with Gasteiger partial charge in [0.25, 0.3) is 0 Å². The molecule has 1 aliphatic rings. The van der Waals surface area contributed by atoms with E-state index in [0.717, 1.165) is 30.8 Å². The summed E-state index contributed by atoms with van der Waals surface area (Å²) in [5, 5.41) is 3.35. The monoisotopic (exact) mass is 349 g/mol. The third-order valence-electron chi connectivity index (χ3n) is 4.13. The molecule has 1 N–H and O–H groups in total. The van der Waals surface area contributed by atoms with E-state index in [0.29, 0.717) is 22.9 Å². The summed E-state index contributed by atoms with van der Waals surface area (Å²) in [6, 6.07) is 0.460. The SMILES string of the molecule is CC(=O)Nc1ncc(CN2C[C@H](Cc3ncc(F)cn3)C[C@H]2C)s1. The van der Waals surface area contributed by atoms with Crippen LogP contribution in [0.3, 0.4) is 0 Å². The Morgan fingerprint density at radius 2 is 2.12 bits per heavy atom. The van der Waals surface area contributed by atoms with Crippen molar-refractivity contribution in [3.8, 4) is 0 Å². The quantitative estimate of drug-likeness (QED) is 0.898. The molecule has 1 fully saturated rings. The van der Waals surface area contributed by atoms with Gasteiger partial charge in [-0.05, 0) is 19.3 Å². The molecular formula is C16H20FN5OS. The average Bonchev–Trinajstić information content (AvgIpc) is 3.08. The molecule has 24 heavy (non-hydrogen) atoms. The van der Waals surface area contributed by atoms with Crippen LogP contribution in [0.4, 0.5) is 9.52 Å². The van der Waals surface area contributed by atoms with Crippen LogP contribution in [-0.2, 0) is 17.8 Å². The van der Waals surface area contributed by atoms with Crippen LogP contribution in [0.1, 0.15) is 31.0 Å². The molecule has 0 aliphatic carbocycles. The molecule has 0 spiro atoms. The van der Waals surface area contributed by atoms with Gasteiger partial charge in [-0.1, -0.05) is 0 Å². The molecule has 2 aromatic heterocycles. The van der Waals surface area contributed by atoms with E-state index in [-0.39, 0.29) is 5.91 Å². The van der Waals surface area contributed by atoms with Crippen LogP contribution >= 0.6 is 11.3 Å². The largest absolute Gasteiger partial charge is 0.302 e. The number of thiazole rings is 1. The number of amides is 1. The van der Waals surface area contributed by atoms with Gasteiger partial charge in [-0.3, -0.25) is 9.69 Å². The molecule has 1 amide bonds. The van der Waals surface area contributed by atoms with E-state index in [2.05, 4.69) is 32.1 Å². The summed E-state index contributed by atoms with van der Waals surface area (Å²) in [5.41, 5.74) is 0. The van der Waals surface area contributed by atoms with Crippen molar-refractivity contribution in [2.75, 3.05) is 11.9 Å². The maximum atomic E-state index is 12.9. The summed E-state index contributed by atoms with van der Waals surface area (Å²) in [6.45, 7) is 5.46. The highest BCUT2D eigenvalue weighted by Crippen LogP contribution is 2.29. The normalized spacial score (nSPS) is 21.1. The first kappa shape index (κ1) is 16.9. The van der Waals surface area contributed by atoms with Crippen LogP contribution in [0.5, 0.6) is 0 Å². The number of aromatic nitrogens is 3. The second-order valence-electron chi connectivity index (χ2n) is 6.21. The standard InChI is InChI=1S/C16H20FN5OS/c1-10-3-12(4-15-18-5-13(17)6-19-15)8-22(10)9-14-7-20-16(24-14)21-11(2)23/h5-7,10,12H,3-4,8-9H2,1-2H3,(H,20,21,23)/t10-,12+/m1/s1. The summed E-state index contributed by atoms with van der Waals surface area (Å²) in [6.07, 6.45) is 6.09. The van der Waals surface area contributed by atoms with Crippen molar-refractivity contribution in [3.63, 3.8) is 0 Å². The van der Waals surface area contributed by atoms with Crippen LogP contribution in [0, 0.1) is 11.7 Å². The topological polar surface area (TPSA) is 71.0 Å². The second kappa shape index (κ2) is 7.31. The highest BCUT2D eigenvalue weighted by Gasteiger charge is 2.30. The van der Waals surface area contributed by atoms with Gasteiger partial charge in [-0.15, -0.1) is 11.3 Å². The highest BCUT2D eigenvalue weighted by molar-refractivity contribution is 7.15. The first-order valence-corrected chi connectivity index (χ1v) is 8.74. The minimum Gasteiger partial charge on any atom is -0.302 e. The number of carbonyl (C=O) groups excluding carboxylic acids is 1. The number of nitrogens with zero attached hydrogens (tertiary/aromatic N) is 4. The van der Waals surface area contributed by atoms with Crippen molar-refractivity contribution in [2.24, 2.45) is 5.92 Å². The molecular weight excluding hydrogens is 329 g/mol. The molecule has 128 valence electrons. The number of hydrogen-bond acceptors (Lipinski definition) is 6. The third kappa shape index (κ3) is 4.33. The van der Waals surface area contributed by atoms with Crippen LogP contribution in [0.15, 0.2) is 18.6 Å². The Balaban J connectivity index is 1.56. The summed E-state index contributed by atoms with van der Waals surface area (Å²) in [4.78, 5) is 26.9. The molecule has 6 nitrogen and oxygen atoms in total. The first-order valence-electron chi connectivity index (χ1n) is 7.92. The molecule has 0 radical (unpaired) electrons. The van der Waals surface area contributed by atoms with Crippen molar-refractivity contribution < 1.29 is 9.18 Å². The fourth-order valence-electron chi connectivity index (χ4n) is 3.08. The maximum absolute atomic E-state index is 12.9. The number of nitrogens with one attached hydrogen (secondary N) is 1. The predicted octanol–water partition coefficient (Wildman–Crippen LogP) is 2.48. The lowest BCUT2D eigenvalue weighted by Crippen LogP contribution is -2.26. The molecule has 0 bridgehead atoms. The smallest absolute Gasteiger partial charge is 0.223 e. The summed E-state index contributed by atoms with van der Waals surface area (Å²) in [5.74, 6) is 0.652. The van der Waals surface area contributed by atoms with Gasteiger partial charge in [0.15, 0.2) is 10.9 Å². The minimum absolute atomic E-state index is 0.107. The van der Waals surface area contributed by atoms with Crippen molar-refractivity contribution in [3.05, 3.63) is 35.1 Å². The average molecular weight is 349 g/mol. The van der Waals surface area contributed by atoms with E-state index in [1.165, 1.54) is 30.7 Å². The Morgan fingerprint density at radius 1 is 1.38 bits per heavy atom. The van der Waals surface area contributed by atoms with E-state index >= 15 is 0 Å².